The number of carbonyl (C=O) groups is 1. The van der Waals surface area contributed by atoms with Crippen molar-refractivity contribution in [1.29, 1.82) is 0 Å². The molecule has 2 aromatic rings. The van der Waals surface area contributed by atoms with Crippen LogP contribution in [0.1, 0.15) is 53.5 Å². The SMILES string of the molecule is CCCCCNC(=O)c1cc(C)nc(Nc2ccc(C)c(C)c2)n1. The zero-order valence-electron chi connectivity index (χ0n) is 14.9. The Bertz CT molecular complexity index is 713. The molecule has 1 heterocycles. The number of carbonyl (C=O) groups excluding carboxylic acids is 1. The van der Waals surface area contributed by atoms with Crippen LogP contribution >= 0.6 is 0 Å². The van der Waals surface area contributed by atoms with Crippen molar-refractivity contribution < 1.29 is 4.79 Å². The summed E-state index contributed by atoms with van der Waals surface area (Å²) in [6, 6.07) is 7.79. The maximum Gasteiger partial charge on any atom is 0.270 e. The second-order valence-corrected chi connectivity index (χ2v) is 6.11. The van der Waals surface area contributed by atoms with Gasteiger partial charge in [0.1, 0.15) is 5.69 Å². The maximum absolute atomic E-state index is 12.2. The average Bonchev–Trinajstić information content (AvgIpc) is 2.54. The quantitative estimate of drug-likeness (QED) is 0.753. The van der Waals surface area contributed by atoms with Gasteiger partial charge in [0.25, 0.3) is 5.91 Å². The van der Waals surface area contributed by atoms with Gasteiger partial charge in [-0.15, -0.1) is 0 Å². The van der Waals surface area contributed by atoms with Crippen molar-refractivity contribution >= 4 is 17.5 Å². The molecule has 0 saturated carbocycles. The third-order valence-corrected chi connectivity index (χ3v) is 3.92. The Labute approximate surface area is 143 Å². The predicted molar refractivity (Wildman–Crippen MR) is 97.8 cm³/mol. The van der Waals surface area contributed by atoms with E-state index in [0.29, 0.717) is 18.2 Å². The molecule has 0 spiro atoms. The van der Waals surface area contributed by atoms with Gasteiger partial charge in [-0.3, -0.25) is 4.79 Å². The Morgan fingerprint density at radius 3 is 2.54 bits per heavy atom. The Kier molecular flexibility index (Phi) is 6.29. The molecule has 2 N–H and O–H groups in total. The number of nitrogens with zero attached hydrogens (tertiary/aromatic N) is 2. The van der Waals surface area contributed by atoms with Crippen LogP contribution in [0.25, 0.3) is 0 Å². The second-order valence-electron chi connectivity index (χ2n) is 6.11. The van der Waals surface area contributed by atoms with Crippen LogP contribution in [0.2, 0.25) is 0 Å². The molecule has 0 unspecified atom stereocenters. The topological polar surface area (TPSA) is 66.9 Å². The number of hydrogen-bond donors (Lipinski definition) is 2. The third kappa shape index (κ3) is 5.05. The molecule has 0 aliphatic heterocycles. The standard InChI is InChI=1S/C19H26N4O/c1-5-6-7-10-20-18(24)17-12-15(4)21-19(23-17)22-16-9-8-13(2)14(3)11-16/h8-9,11-12H,5-7,10H2,1-4H3,(H,20,24)(H,21,22,23). The molecular weight excluding hydrogens is 300 g/mol. The van der Waals surface area contributed by atoms with E-state index in [4.69, 9.17) is 0 Å². The van der Waals surface area contributed by atoms with Gasteiger partial charge in [-0.2, -0.15) is 0 Å². The van der Waals surface area contributed by atoms with Crippen LogP contribution in [0.3, 0.4) is 0 Å². The van der Waals surface area contributed by atoms with E-state index in [1.165, 1.54) is 11.1 Å². The molecule has 0 saturated heterocycles. The zero-order valence-corrected chi connectivity index (χ0v) is 14.9. The van der Waals surface area contributed by atoms with Gasteiger partial charge in [0.2, 0.25) is 5.95 Å². The molecule has 0 atom stereocenters. The summed E-state index contributed by atoms with van der Waals surface area (Å²) in [6.45, 7) is 8.81. The van der Waals surface area contributed by atoms with Crippen molar-refractivity contribution in [2.24, 2.45) is 0 Å². The smallest absolute Gasteiger partial charge is 0.270 e. The first kappa shape index (κ1) is 17.9. The average molecular weight is 326 g/mol. The van der Waals surface area contributed by atoms with Crippen molar-refractivity contribution in [2.75, 3.05) is 11.9 Å². The highest BCUT2D eigenvalue weighted by atomic mass is 16.1. The minimum atomic E-state index is -0.153. The van der Waals surface area contributed by atoms with Crippen LogP contribution in [0.15, 0.2) is 24.3 Å². The summed E-state index contributed by atoms with van der Waals surface area (Å²) in [5.41, 5.74) is 4.50. The van der Waals surface area contributed by atoms with E-state index in [-0.39, 0.29) is 5.91 Å². The maximum atomic E-state index is 12.2. The van der Waals surface area contributed by atoms with Crippen LogP contribution in [0.4, 0.5) is 11.6 Å². The summed E-state index contributed by atoms with van der Waals surface area (Å²) in [6.07, 6.45) is 3.23. The van der Waals surface area contributed by atoms with Gasteiger partial charge in [0.15, 0.2) is 0 Å². The van der Waals surface area contributed by atoms with E-state index in [0.717, 1.165) is 30.6 Å². The molecular formula is C19H26N4O. The summed E-state index contributed by atoms with van der Waals surface area (Å²) >= 11 is 0. The van der Waals surface area contributed by atoms with Crippen LogP contribution in [-0.4, -0.2) is 22.4 Å². The van der Waals surface area contributed by atoms with Gasteiger partial charge in [-0.25, -0.2) is 9.97 Å². The Hall–Kier alpha value is -2.43. The minimum Gasteiger partial charge on any atom is -0.351 e. The van der Waals surface area contributed by atoms with E-state index in [1.54, 1.807) is 6.07 Å². The Morgan fingerprint density at radius 1 is 1.04 bits per heavy atom. The van der Waals surface area contributed by atoms with Gasteiger partial charge >= 0.3 is 0 Å². The lowest BCUT2D eigenvalue weighted by Crippen LogP contribution is -2.25. The first-order valence-electron chi connectivity index (χ1n) is 8.47. The lowest BCUT2D eigenvalue weighted by Gasteiger charge is -2.10. The van der Waals surface area contributed by atoms with Gasteiger partial charge in [-0.1, -0.05) is 25.8 Å². The van der Waals surface area contributed by atoms with Gasteiger partial charge < -0.3 is 10.6 Å². The van der Waals surface area contributed by atoms with Gasteiger partial charge in [0.05, 0.1) is 0 Å². The predicted octanol–water partition coefficient (Wildman–Crippen LogP) is 4.07. The van der Waals surface area contributed by atoms with E-state index in [9.17, 15) is 4.79 Å². The Balaban J connectivity index is 2.10. The number of anilines is 2. The Morgan fingerprint density at radius 2 is 1.83 bits per heavy atom. The summed E-state index contributed by atoms with van der Waals surface area (Å²) in [5, 5.41) is 6.09. The highest BCUT2D eigenvalue weighted by molar-refractivity contribution is 5.92. The van der Waals surface area contributed by atoms with Crippen molar-refractivity contribution in [3.8, 4) is 0 Å². The molecule has 0 fully saturated rings. The molecule has 1 aromatic carbocycles. The first-order valence-corrected chi connectivity index (χ1v) is 8.47. The fraction of sp³-hybridized carbons (Fsp3) is 0.421. The molecule has 0 aliphatic rings. The van der Waals surface area contributed by atoms with E-state index < -0.39 is 0 Å². The van der Waals surface area contributed by atoms with Gasteiger partial charge in [-0.05, 0) is 56.5 Å². The number of unbranched alkanes of at least 4 members (excludes halogenated alkanes) is 2. The number of benzene rings is 1. The fourth-order valence-corrected chi connectivity index (χ4v) is 2.36. The number of hydrogen-bond acceptors (Lipinski definition) is 4. The fourth-order valence-electron chi connectivity index (χ4n) is 2.36. The van der Waals surface area contributed by atoms with Crippen molar-refractivity contribution in [2.45, 2.75) is 47.0 Å². The number of aromatic nitrogens is 2. The first-order chi connectivity index (χ1) is 11.5. The second kappa shape index (κ2) is 8.43. The highest BCUT2D eigenvalue weighted by Crippen LogP contribution is 2.18. The van der Waals surface area contributed by atoms with E-state index in [1.807, 2.05) is 19.1 Å². The highest BCUT2D eigenvalue weighted by Gasteiger charge is 2.10. The lowest BCUT2D eigenvalue weighted by molar-refractivity contribution is 0.0948. The molecule has 1 aromatic heterocycles. The molecule has 24 heavy (non-hydrogen) atoms. The summed E-state index contributed by atoms with van der Waals surface area (Å²) < 4.78 is 0. The number of nitrogens with one attached hydrogen (secondary N) is 2. The summed E-state index contributed by atoms with van der Waals surface area (Å²) in [7, 11) is 0. The summed E-state index contributed by atoms with van der Waals surface area (Å²) in [4.78, 5) is 21.0. The van der Waals surface area contributed by atoms with Crippen LogP contribution in [0, 0.1) is 20.8 Å². The van der Waals surface area contributed by atoms with Crippen molar-refractivity contribution in [3.63, 3.8) is 0 Å². The van der Waals surface area contributed by atoms with Crippen molar-refractivity contribution in [1.82, 2.24) is 15.3 Å². The van der Waals surface area contributed by atoms with Crippen LogP contribution in [-0.2, 0) is 0 Å². The van der Waals surface area contributed by atoms with E-state index in [2.05, 4.69) is 47.4 Å². The molecule has 1 amide bonds. The molecule has 2 rings (SSSR count). The normalized spacial score (nSPS) is 10.5. The molecule has 128 valence electrons. The molecule has 0 bridgehead atoms. The monoisotopic (exact) mass is 326 g/mol. The number of rotatable bonds is 7. The van der Waals surface area contributed by atoms with Crippen molar-refractivity contribution in [3.05, 3.63) is 46.8 Å². The van der Waals surface area contributed by atoms with E-state index >= 15 is 0 Å². The van der Waals surface area contributed by atoms with Crippen LogP contribution < -0.4 is 10.6 Å². The number of aryl methyl sites for hydroxylation is 3. The largest absolute Gasteiger partial charge is 0.351 e. The number of amides is 1. The van der Waals surface area contributed by atoms with Gasteiger partial charge in [0, 0.05) is 17.9 Å². The lowest BCUT2D eigenvalue weighted by atomic mass is 10.1. The molecule has 0 aliphatic carbocycles. The molecule has 5 nitrogen and oxygen atoms in total. The molecule has 0 radical (unpaired) electrons. The zero-order chi connectivity index (χ0) is 17.5. The van der Waals surface area contributed by atoms with Crippen LogP contribution in [0.5, 0.6) is 0 Å². The summed E-state index contributed by atoms with van der Waals surface area (Å²) in [5.74, 6) is 0.289. The minimum absolute atomic E-state index is 0.153. The molecule has 5 heteroatoms. The third-order valence-electron chi connectivity index (χ3n) is 3.92.